The molecule has 0 fully saturated rings. The third-order valence-electron chi connectivity index (χ3n) is 3.73. The van der Waals surface area contributed by atoms with E-state index < -0.39 is 40.2 Å². The smallest absolute Gasteiger partial charge is 0.387 e. The van der Waals surface area contributed by atoms with E-state index in [1.54, 1.807) is 6.07 Å². The number of rotatable bonds is 9. The molecule has 0 aromatic heterocycles. The molecular formula is C19H13F4N3O5S. The number of nitrogens with zero attached hydrogens (tertiary/aromatic N) is 2. The Balaban J connectivity index is 2.36. The van der Waals surface area contributed by atoms with Crippen LogP contribution in [0.15, 0.2) is 46.9 Å². The summed E-state index contributed by atoms with van der Waals surface area (Å²) in [5, 5.41) is 23.0. The third-order valence-corrected chi connectivity index (χ3v) is 4.45. The summed E-state index contributed by atoms with van der Waals surface area (Å²) in [4.78, 5) is 23.1. The highest BCUT2D eigenvalue weighted by molar-refractivity contribution is 7.99. The Hall–Kier alpha value is -3.79. The van der Waals surface area contributed by atoms with Crippen LogP contribution in [0.1, 0.15) is 5.56 Å². The van der Waals surface area contributed by atoms with Crippen LogP contribution in [0.25, 0.3) is 6.08 Å². The lowest BCUT2D eigenvalue weighted by molar-refractivity contribution is -0.385. The van der Waals surface area contributed by atoms with Crippen LogP contribution in [0.4, 0.5) is 28.9 Å². The number of halogens is 4. The van der Waals surface area contributed by atoms with Crippen LogP contribution in [-0.4, -0.2) is 30.3 Å². The highest BCUT2D eigenvalue weighted by Crippen LogP contribution is 2.36. The predicted molar refractivity (Wildman–Crippen MR) is 107 cm³/mol. The lowest BCUT2D eigenvalue weighted by atomic mass is 10.1. The van der Waals surface area contributed by atoms with E-state index in [0.717, 1.165) is 19.3 Å². The van der Waals surface area contributed by atoms with Gasteiger partial charge < -0.3 is 14.8 Å². The van der Waals surface area contributed by atoms with E-state index in [0.29, 0.717) is 17.8 Å². The average molecular weight is 471 g/mol. The van der Waals surface area contributed by atoms with Gasteiger partial charge >= 0.3 is 6.61 Å². The number of nitro benzene ring substituents is 1. The Kier molecular flexibility index (Phi) is 8.42. The van der Waals surface area contributed by atoms with E-state index in [2.05, 4.69) is 10.1 Å². The van der Waals surface area contributed by atoms with E-state index in [1.807, 2.05) is 0 Å². The van der Waals surface area contributed by atoms with Crippen LogP contribution in [0.5, 0.6) is 11.5 Å². The zero-order valence-corrected chi connectivity index (χ0v) is 16.9. The summed E-state index contributed by atoms with van der Waals surface area (Å²) in [5.74, 6) is -4.44. The van der Waals surface area contributed by atoms with E-state index in [4.69, 9.17) is 4.74 Å². The molecule has 8 nitrogen and oxygen atoms in total. The Morgan fingerprint density at radius 2 is 1.88 bits per heavy atom. The van der Waals surface area contributed by atoms with Crippen molar-refractivity contribution in [1.82, 2.24) is 0 Å². The first kappa shape index (κ1) is 24.5. The molecule has 0 aliphatic rings. The van der Waals surface area contributed by atoms with Crippen LogP contribution >= 0.6 is 11.8 Å². The van der Waals surface area contributed by atoms with Crippen LogP contribution in [-0.2, 0) is 4.79 Å². The van der Waals surface area contributed by atoms with Gasteiger partial charge in [0.15, 0.2) is 11.5 Å². The van der Waals surface area contributed by atoms with Gasteiger partial charge in [-0.3, -0.25) is 14.9 Å². The molecule has 0 aliphatic heterocycles. The summed E-state index contributed by atoms with van der Waals surface area (Å²) in [6.07, 6.45) is 0.878. The topological polar surface area (TPSA) is 114 Å². The number of nitro groups is 1. The molecule has 0 atom stereocenters. The fourth-order valence-electron chi connectivity index (χ4n) is 2.41. The molecule has 0 radical (unpaired) electrons. The fraction of sp³-hybridized carbons (Fsp3) is 0.158. The molecule has 1 amide bonds. The summed E-state index contributed by atoms with van der Waals surface area (Å²) >= 11 is 0.308. The maximum Gasteiger partial charge on any atom is 0.387 e. The van der Waals surface area contributed by atoms with Gasteiger partial charge in [0.2, 0.25) is 0 Å². The number of hydrogen-bond donors (Lipinski definition) is 1. The van der Waals surface area contributed by atoms with Crippen molar-refractivity contribution in [2.45, 2.75) is 17.3 Å². The van der Waals surface area contributed by atoms with Crippen molar-refractivity contribution in [3.63, 3.8) is 0 Å². The van der Waals surface area contributed by atoms with E-state index in [1.165, 1.54) is 24.3 Å². The molecule has 0 saturated carbocycles. The normalized spacial score (nSPS) is 11.2. The maximum absolute atomic E-state index is 12.5. The lowest BCUT2D eigenvalue weighted by Crippen LogP contribution is -2.13. The predicted octanol–water partition coefficient (Wildman–Crippen LogP) is 5.07. The first-order valence-electron chi connectivity index (χ1n) is 8.43. The molecule has 0 spiro atoms. The second-order valence-electron chi connectivity index (χ2n) is 5.72. The Morgan fingerprint density at radius 3 is 2.38 bits per heavy atom. The number of nitrogens with one attached hydrogen (secondary N) is 1. The van der Waals surface area contributed by atoms with Crippen molar-refractivity contribution in [2.75, 3.05) is 12.4 Å². The van der Waals surface area contributed by atoms with Gasteiger partial charge in [-0.25, -0.2) is 0 Å². The third kappa shape index (κ3) is 6.61. The molecule has 32 heavy (non-hydrogen) atoms. The first-order valence-corrected chi connectivity index (χ1v) is 9.31. The monoisotopic (exact) mass is 471 g/mol. The molecule has 2 aromatic carbocycles. The van der Waals surface area contributed by atoms with Gasteiger partial charge in [-0.1, -0.05) is 11.8 Å². The number of hydrogen-bond acceptors (Lipinski definition) is 7. The number of thioether (sulfide) groups is 1. The zero-order chi connectivity index (χ0) is 23.8. The van der Waals surface area contributed by atoms with Gasteiger partial charge in [0, 0.05) is 10.6 Å². The lowest BCUT2D eigenvalue weighted by Gasteiger charge is -2.11. The van der Waals surface area contributed by atoms with Crippen molar-refractivity contribution in [3.05, 3.63) is 57.6 Å². The quantitative estimate of drug-likeness (QED) is 0.136. The number of alkyl halides is 4. The van der Waals surface area contributed by atoms with Crippen molar-refractivity contribution in [1.29, 1.82) is 5.26 Å². The maximum atomic E-state index is 12.5. The SMILES string of the molecule is COc1cc(/C=C(\C#N)C(=O)Nc2ccc(SC(F)F)cc2)c([N+](=O)[O-])cc1OC(F)F. The van der Waals surface area contributed by atoms with Gasteiger partial charge in [-0.2, -0.15) is 22.8 Å². The molecule has 0 saturated heterocycles. The number of carbonyl (C=O) groups is 1. The van der Waals surface area contributed by atoms with Crippen molar-refractivity contribution < 1.29 is 36.8 Å². The minimum atomic E-state index is -3.27. The van der Waals surface area contributed by atoms with Crippen molar-refractivity contribution >= 4 is 35.1 Å². The molecule has 13 heteroatoms. The highest BCUT2D eigenvalue weighted by Gasteiger charge is 2.22. The minimum absolute atomic E-state index is 0.183. The Morgan fingerprint density at radius 1 is 1.22 bits per heavy atom. The summed E-state index contributed by atoms with van der Waals surface area (Å²) in [7, 11) is 1.11. The van der Waals surface area contributed by atoms with Gasteiger partial charge in [0.25, 0.3) is 17.4 Å². The van der Waals surface area contributed by atoms with Crippen LogP contribution in [0.2, 0.25) is 0 Å². The van der Waals surface area contributed by atoms with Crippen LogP contribution < -0.4 is 14.8 Å². The van der Waals surface area contributed by atoms with Gasteiger partial charge in [0.05, 0.1) is 23.7 Å². The summed E-state index contributed by atoms with van der Waals surface area (Å²) in [5.41, 5.74) is -1.36. The van der Waals surface area contributed by atoms with Crippen molar-refractivity contribution in [2.24, 2.45) is 0 Å². The summed E-state index contributed by atoms with van der Waals surface area (Å²) < 4.78 is 58.9. The number of ether oxygens (including phenoxy) is 2. The van der Waals surface area contributed by atoms with Gasteiger partial charge in [-0.05, 0) is 36.4 Å². The molecule has 2 aromatic rings. The molecule has 1 N–H and O–H groups in total. The molecule has 168 valence electrons. The number of carbonyl (C=O) groups excluding carboxylic acids is 1. The molecule has 0 aliphatic carbocycles. The Bertz CT molecular complexity index is 1070. The zero-order valence-electron chi connectivity index (χ0n) is 16.1. The second kappa shape index (κ2) is 11.0. The second-order valence-corrected chi connectivity index (χ2v) is 6.79. The van der Waals surface area contributed by atoms with Crippen molar-refractivity contribution in [3.8, 4) is 17.6 Å². The Labute approximate surface area is 182 Å². The summed E-state index contributed by atoms with van der Waals surface area (Å²) in [6.45, 7) is -3.27. The fourth-order valence-corrected chi connectivity index (χ4v) is 2.91. The van der Waals surface area contributed by atoms with E-state index in [-0.39, 0.29) is 21.9 Å². The number of nitriles is 1. The van der Waals surface area contributed by atoms with Gasteiger partial charge in [0.1, 0.15) is 11.6 Å². The average Bonchev–Trinajstić information content (AvgIpc) is 2.72. The number of methoxy groups -OCH3 is 1. The van der Waals surface area contributed by atoms with Crippen LogP contribution in [0, 0.1) is 21.4 Å². The van der Waals surface area contributed by atoms with Crippen LogP contribution in [0.3, 0.4) is 0 Å². The molecule has 0 heterocycles. The standard InChI is InChI=1S/C19H13F4N3O5S/c1-30-15-7-10(14(26(28)29)8-16(15)31-18(20)21)6-11(9-24)17(27)25-12-2-4-13(5-3-12)32-19(22)23/h2-8,18-19H,1H3,(H,25,27)/b11-6+. The van der Waals surface area contributed by atoms with Gasteiger partial charge in [-0.15, -0.1) is 0 Å². The molecular weight excluding hydrogens is 458 g/mol. The molecule has 0 unspecified atom stereocenters. The number of amides is 1. The summed E-state index contributed by atoms with van der Waals surface area (Å²) in [6, 6.07) is 8.57. The highest BCUT2D eigenvalue weighted by atomic mass is 32.2. The number of benzene rings is 2. The molecule has 2 rings (SSSR count). The van der Waals surface area contributed by atoms with E-state index in [9.17, 15) is 37.7 Å². The number of anilines is 1. The van der Waals surface area contributed by atoms with E-state index >= 15 is 0 Å². The minimum Gasteiger partial charge on any atom is -0.493 e. The first-order chi connectivity index (χ1) is 15.1. The largest absolute Gasteiger partial charge is 0.493 e. The molecule has 0 bridgehead atoms.